The van der Waals surface area contributed by atoms with E-state index in [4.69, 9.17) is 0 Å². The fourth-order valence-corrected chi connectivity index (χ4v) is 2.17. The van der Waals surface area contributed by atoms with Gasteiger partial charge >= 0.3 is 6.03 Å². The van der Waals surface area contributed by atoms with E-state index in [1.54, 1.807) is 12.4 Å². The molecule has 0 saturated carbocycles. The van der Waals surface area contributed by atoms with Crippen LogP contribution in [0.4, 0.5) is 4.79 Å². The van der Waals surface area contributed by atoms with Gasteiger partial charge in [0.2, 0.25) is 0 Å². The molecule has 2 aromatic rings. The van der Waals surface area contributed by atoms with Gasteiger partial charge in [0.25, 0.3) is 0 Å². The van der Waals surface area contributed by atoms with Crippen LogP contribution in [0, 0.1) is 5.92 Å². The average molecular weight is 283 g/mol. The quantitative estimate of drug-likeness (QED) is 0.884. The fourth-order valence-electron chi connectivity index (χ4n) is 2.17. The molecule has 4 nitrogen and oxygen atoms in total. The molecule has 0 bridgehead atoms. The van der Waals surface area contributed by atoms with Crippen molar-refractivity contribution in [3.05, 3.63) is 66.0 Å². The molecule has 0 aliphatic rings. The van der Waals surface area contributed by atoms with Gasteiger partial charge in [0.1, 0.15) is 0 Å². The van der Waals surface area contributed by atoms with Gasteiger partial charge in [0.15, 0.2) is 0 Å². The van der Waals surface area contributed by atoms with Gasteiger partial charge in [-0.15, -0.1) is 0 Å². The van der Waals surface area contributed by atoms with Crippen molar-refractivity contribution >= 4 is 6.03 Å². The molecule has 0 radical (unpaired) electrons. The summed E-state index contributed by atoms with van der Waals surface area (Å²) < 4.78 is 0. The zero-order valence-electron chi connectivity index (χ0n) is 12.4. The standard InChI is InChI=1S/C17H21N3O/c1-13(2)16(15-8-4-3-5-9-15)20-17(21)19-12-14-7-6-10-18-11-14/h3-11,13,16H,12H2,1-2H3,(H2,19,20,21). The highest BCUT2D eigenvalue weighted by molar-refractivity contribution is 5.74. The van der Waals surface area contributed by atoms with Gasteiger partial charge in [-0.2, -0.15) is 0 Å². The number of nitrogens with one attached hydrogen (secondary N) is 2. The minimum atomic E-state index is -0.165. The number of hydrogen-bond acceptors (Lipinski definition) is 2. The Balaban J connectivity index is 1.93. The lowest BCUT2D eigenvalue weighted by Crippen LogP contribution is -2.39. The molecule has 1 heterocycles. The maximum atomic E-state index is 12.1. The summed E-state index contributed by atoms with van der Waals surface area (Å²) in [4.78, 5) is 16.1. The molecule has 2 rings (SSSR count). The predicted molar refractivity (Wildman–Crippen MR) is 83.6 cm³/mol. The SMILES string of the molecule is CC(C)C(NC(=O)NCc1cccnc1)c1ccccc1. The van der Waals surface area contributed by atoms with Crippen molar-refractivity contribution in [2.75, 3.05) is 0 Å². The molecule has 0 saturated heterocycles. The highest BCUT2D eigenvalue weighted by Crippen LogP contribution is 2.20. The van der Waals surface area contributed by atoms with Crippen LogP contribution in [-0.4, -0.2) is 11.0 Å². The lowest BCUT2D eigenvalue weighted by atomic mass is 9.96. The Morgan fingerprint density at radius 2 is 1.90 bits per heavy atom. The normalized spacial score (nSPS) is 12.0. The second-order valence-electron chi connectivity index (χ2n) is 5.32. The van der Waals surface area contributed by atoms with Crippen LogP contribution in [0.3, 0.4) is 0 Å². The van der Waals surface area contributed by atoms with Crippen LogP contribution in [0.5, 0.6) is 0 Å². The molecule has 1 unspecified atom stereocenters. The van der Waals surface area contributed by atoms with Crippen LogP contribution >= 0.6 is 0 Å². The maximum absolute atomic E-state index is 12.1. The monoisotopic (exact) mass is 283 g/mol. The minimum Gasteiger partial charge on any atom is -0.334 e. The molecule has 0 fully saturated rings. The number of benzene rings is 1. The summed E-state index contributed by atoms with van der Waals surface area (Å²) in [5.41, 5.74) is 2.09. The van der Waals surface area contributed by atoms with Crippen molar-refractivity contribution in [2.24, 2.45) is 5.92 Å². The van der Waals surface area contributed by atoms with Gasteiger partial charge in [-0.25, -0.2) is 4.79 Å². The Labute approximate surface area is 125 Å². The number of pyridine rings is 1. The molecule has 110 valence electrons. The Morgan fingerprint density at radius 3 is 2.52 bits per heavy atom. The molecule has 2 amide bonds. The third kappa shape index (κ3) is 4.60. The summed E-state index contributed by atoms with van der Waals surface area (Å²) in [5.74, 6) is 0.316. The van der Waals surface area contributed by atoms with E-state index in [-0.39, 0.29) is 12.1 Å². The Kier molecular flexibility index (Phi) is 5.32. The van der Waals surface area contributed by atoms with E-state index >= 15 is 0 Å². The van der Waals surface area contributed by atoms with Gasteiger partial charge in [-0.1, -0.05) is 50.2 Å². The smallest absolute Gasteiger partial charge is 0.315 e. The highest BCUT2D eigenvalue weighted by Gasteiger charge is 2.17. The van der Waals surface area contributed by atoms with E-state index < -0.39 is 0 Å². The molecule has 1 aromatic carbocycles. The largest absolute Gasteiger partial charge is 0.334 e. The molecule has 21 heavy (non-hydrogen) atoms. The number of carbonyl (C=O) groups excluding carboxylic acids is 1. The lowest BCUT2D eigenvalue weighted by molar-refractivity contribution is 0.232. The maximum Gasteiger partial charge on any atom is 0.315 e. The fraction of sp³-hybridized carbons (Fsp3) is 0.294. The first kappa shape index (κ1) is 15.0. The Morgan fingerprint density at radius 1 is 1.14 bits per heavy atom. The summed E-state index contributed by atoms with van der Waals surface area (Å²) in [6, 6.07) is 13.6. The van der Waals surface area contributed by atoms with E-state index in [1.807, 2.05) is 42.5 Å². The van der Waals surface area contributed by atoms with Crippen molar-refractivity contribution in [3.8, 4) is 0 Å². The van der Waals surface area contributed by atoms with Gasteiger partial charge < -0.3 is 10.6 Å². The topological polar surface area (TPSA) is 54.0 Å². The number of amides is 2. The first-order valence-corrected chi connectivity index (χ1v) is 7.15. The Bertz CT molecular complexity index is 555. The zero-order chi connectivity index (χ0) is 15.1. The van der Waals surface area contributed by atoms with Crippen molar-refractivity contribution in [1.29, 1.82) is 0 Å². The first-order valence-electron chi connectivity index (χ1n) is 7.15. The molecule has 0 spiro atoms. The van der Waals surface area contributed by atoms with Crippen LogP contribution < -0.4 is 10.6 Å². The molecule has 4 heteroatoms. The minimum absolute atomic E-state index is 0.0000911. The van der Waals surface area contributed by atoms with Crippen LogP contribution in [0.2, 0.25) is 0 Å². The molecular formula is C17H21N3O. The summed E-state index contributed by atoms with van der Waals surface area (Å²) in [7, 11) is 0. The van der Waals surface area contributed by atoms with Crippen molar-refractivity contribution in [1.82, 2.24) is 15.6 Å². The second kappa shape index (κ2) is 7.43. The zero-order valence-corrected chi connectivity index (χ0v) is 12.4. The first-order chi connectivity index (χ1) is 10.2. The van der Waals surface area contributed by atoms with Crippen LogP contribution in [0.25, 0.3) is 0 Å². The molecule has 1 atom stereocenters. The lowest BCUT2D eigenvalue weighted by Gasteiger charge is -2.23. The second-order valence-corrected chi connectivity index (χ2v) is 5.32. The number of rotatable bonds is 5. The molecule has 0 aliphatic carbocycles. The summed E-state index contributed by atoms with van der Waals surface area (Å²) in [5, 5.41) is 5.90. The number of carbonyl (C=O) groups is 1. The molecule has 0 aliphatic heterocycles. The van der Waals surface area contributed by atoms with Gasteiger partial charge in [0.05, 0.1) is 6.04 Å². The average Bonchev–Trinajstić information content (AvgIpc) is 2.52. The van der Waals surface area contributed by atoms with Gasteiger partial charge in [-0.3, -0.25) is 4.98 Å². The van der Waals surface area contributed by atoms with E-state index in [1.165, 1.54) is 0 Å². The van der Waals surface area contributed by atoms with E-state index in [9.17, 15) is 4.79 Å². The number of nitrogens with zero attached hydrogens (tertiary/aromatic N) is 1. The number of urea groups is 1. The summed E-state index contributed by atoms with van der Waals surface area (Å²) in [6.45, 7) is 4.66. The molecule has 2 N–H and O–H groups in total. The van der Waals surface area contributed by atoms with E-state index in [0.717, 1.165) is 11.1 Å². The predicted octanol–water partition coefficient (Wildman–Crippen LogP) is 3.28. The number of aromatic nitrogens is 1. The van der Waals surface area contributed by atoms with Crippen LogP contribution in [0.15, 0.2) is 54.9 Å². The summed E-state index contributed by atoms with van der Waals surface area (Å²) in [6.07, 6.45) is 3.46. The van der Waals surface area contributed by atoms with Crippen LogP contribution in [-0.2, 0) is 6.54 Å². The van der Waals surface area contributed by atoms with Crippen molar-refractivity contribution < 1.29 is 4.79 Å². The van der Waals surface area contributed by atoms with E-state index in [0.29, 0.717) is 12.5 Å². The molecule has 1 aromatic heterocycles. The van der Waals surface area contributed by atoms with Gasteiger partial charge in [0, 0.05) is 18.9 Å². The van der Waals surface area contributed by atoms with Crippen molar-refractivity contribution in [3.63, 3.8) is 0 Å². The molecular weight excluding hydrogens is 262 g/mol. The third-order valence-corrected chi connectivity index (χ3v) is 3.29. The highest BCUT2D eigenvalue weighted by atomic mass is 16.2. The Hall–Kier alpha value is -2.36. The van der Waals surface area contributed by atoms with Gasteiger partial charge in [-0.05, 0) is 23.1 Å². The van der Waals surface area contributed by atoms with Crippen LogP contribution in [0.1, 0.15) is 31.0 Å². The third-order valence-electron chi connectivity index (χ3n) is 3.29. The van der Waals surface area contributed by atoms with E-state index in [2.05, 4.69) is 29.5 Å². The van der Waals surface area contributed by atoms with Crippen molar-refractivity contribution in [2.45, 2.75) is 26.4 Å². The summed E-state index contributed by atoms with van der Waals surface area (Å²) >= 11 is 0. The number of hydrogen-bond donors (Lipinski definition) is 2.